The molecule has 1 heterocycles. The molecule has 3 rings (SSSR count). The minimum atomic E-state index is -0.382. The summed E-state index contributed by atoms with van der Waals surface area (Å²) < 4.78 is 0. The van der Waals surface area contributed by atoms with Gasteiger partial charge in [0.05, 0.1) is 17.4 Å². The standard InChI is InChI=1S/C18H23Cl2NO2/c1-11-10-12(6-7-16(11)22)21-9-8-14(18(21)23)17(20)13-4-2-3-5-15(13)19/h2-5,11-12,14,16-17,22H,6-10H2,1H3. The van der Waals surface area contributed by atoms with Crippen LogP contribution in [0.25, 0.3) is 0 Å². The molecule has 1 N–H and O–H groups in total. The molecule has 1 aliphatic heterocycles. The summed E-state index contributed by atoms with van der Waals surface area (Å²) >= 11 is 12.8. The first kappa shape index (κ1) is 17.1. The van der Waals surface area contributed by atoms with Gasteiger partial charge in [0.25, 0.3) is 0 Å². The molecule has 1 saturated heterocycles. The zero-order chi connectivity index (χ0) is 16.6. The Morgan fingerprint density at radius 1 is 1.26 bits per heavy atom. The average Bonchev–Trinajstić information content (AvgIpc) is 2.91. The van der Waals surface area contributed by atoms with Gasteiger partial charge in [-0.2, -0.15) is 0 Å². The summed E-state index contributed by atoms with van der Waals surface area (Å²) in [5.74, 6) is 0.174. The third-order valence-electron chi connectivity index (χ3n) is 5.37. The summed E-state index contributed by atoms with van der Waals surface area (Å²) in [6.45, 7) is 2.81. The Hall–Kier alpha value is -0.770. The van der Waals surface area contributed by atoms with Crippen LogP contribution in [0.4, 0.5) is 0 Å². The Bertz CT molecular complexity index is 580. The molecular formula is C18H23Cl2NO2. The topological polar surface area (TPSA) is 40.5 Å². The highest BCUT2D eigenvalue weighted by molar-refractivity contribution is 6.33. The molecule has 0 radical (unpaired) electrons. The van der Waals surface area contributed by atoms with Crippen molar-refractivity contribution in [2.24, 2.45) is 11.8 Å². The third-order valence-corrected chi connectivity index (χ3v) is 6.26. The normalized spacial score (nSPS) is 33.0. The van der Waals surface area contributed by atoms with E-state index in [1.165, 1.54) is 0 Å². The van der Waals surface area contributed by atoms with Gasteiger partial charge in [0, 0.05) is 17.6 Å². The summed E-state index contributed by atoms with van der Waals surface area (Å²) in [5, 5.41) is 10.1. The van der Waals surface area contributed by atoms with Crippen molar-refractivity contribution in [3.63, 3.8) is 0 Å². The van der Waals surface area contributed by atoms with Gasteiger partial charge in [-0.15, -0.1) is 11.6 Å². The van der Waals surface area contributed by atoms with Gasteiger partial charge >= 0.3 is 0 Å². The lowest BCUT2D eigenvalue weighted by Gasteiger charge is -2.37. The Kier molecular flexibility index (Phi) is 5.19. The molecule has 23 heavy (non-hydrogen) atoms. The number of aliphatic hydroxyl groups excluding tert-OH is 1. The number of amides is 1. The van der Waals surface area contributed by atoms with Crippen LogP contribution >= 0.6 is 23.2 Å². The number of halogens is 2. The van der Waals surface area contributed by atoms with Crippen molar-refractivity contribution >= 4 is 29.1 Å². The number of aliphatic hydroxyl groups is 1. The van der Waals surface area contributed by atoms with Crippen LogP contribution in [-0.2, 0) is 4.79 Å². The maximum absolute atomic E-state index is 12.9. The van der Waals surface area contributed by atoms with Gasteiger partial charge in [-0.05, 0) is 43.2 Å². The van der Waals surface area contributed by atoms with E-state index in [-0.39, 0.29) is 35.3 Å². The van der Waals surface area contributed by atoms with Crippen LogP contribution < -0.4 is 0 Å². The van der Waals surface area contributed by atoms with Gasteiger partial charge < -0.3 is 10.0 Å². The van der Waals surface area contributed by atoms with Crippen LogP contribution in [0.1, 0.15) is 43.5 Å². The molecule has 5 heteroatoms. The summed E-state index contributed by atoms with van der Waals surface area (Å²) in [6.07, 6.45) is 3.06. The van der Waals surface area contributed by atoms with Crippen LogP contribution in [0, 0.1) is 11.8 Å². The van der Waals surface area contributed by atoms with Gasteiger partial charge in [-0.3, -0.25) is 4.79 Å². The molecule has 2 aliphatic rings. The van der Waals surface area contributed by atoms with Crippen LogP contribution in [0.15, 0.2) is 24.3 Å². The van der Waals surface area contributed by atoms with E-state index in [1.807, 2.05) is 29.2 Å². The van der Waals surface area contributed by atoms with E-state index < -0.39 is 0 Å². The largest absolute Gasteiger partial charge is 0.393 e. The highest BCUT2D eigenvalue weighted by Crippen LogP contribution is 2.41. The van der Waals surface area contributed by atoms with Gasteiger partial charge in [0.2, 0.25) is 5.91 Å². The summed E-state index contributed by atoms with van der Waals surface area (Å²) in [5.41, 5.74) is 0.837. The molecule has 2 fully saturated rings. The number of rotatable bonds is 3. The fraction of sp³-hybridized carbons (Fsp3) is 0.611. The Morgan fingerprint density at radius 3 is 2.70 bits per heavy atom. The highest BCUT2D eigenvalue weighted by Gasteiger charge is 2.42. The maximum Gasteiger partial charge on any atom is 0.227 e. The molecule has 0 bridgehead atoms. The molecule has 1 saturated carbocycles. The molecule has 1 aromatic carbocycles. The number of nitrogens with zero attached hydrogens (tertiary/aromatic N) is 1. The molecule has 1 aromatic rings. The van der Waals surface area contributed by atoms with Crippen molar-refractivity contribution < 1.29 is 9.90 Å². The smallest absolute Gasteiger partial charge is 0.227 e. The van der Waals surface area contributed by atoms with E-state index in [4.69, 9.17) is 23.2 Å². The first-order chi connectivity index (χ1) is 11.0. The number of hydrogen-bond acceptors (Lipinski definition) is 2. The van der Waals surface area contributed by atoms with Crippen LogP contribution in [0.5, 0.6) is 0 Å². The lowest BCUT2D eigenvalue weighted by atomic mass is 9.84. The predicted molar refractivity (Wildman–Crippen MR) is 92.7 cm³/mol. The molecule has 0 aromatic heterocycles. The fourth-order valence-corrected chi connectivity index (χ4v) is 4.64. The molecular weight excluding hydrogens is 333 g/mol. The Morgan fingerprint density at radius 2 is 2.00 bits per heavy atom. The predicted octanol–water partition coefficient (Wildman–Crippen LogP) is 4.02. The lowest BCUT2D eigenvalue weighted by molar-refractivity contribution is -0.134. The van der Waals surface area contributed by atoms with Crippen molar-refractivity contribution in [1.82, 2.24) is 4.90 Å². The summed E-state index contributed by atoms with van der Waals surface area (Å²) in [7, 11) is 0. The van der Waals surface area contributed by atoms with Gasteiger partial charge in [0.15, 0.2) is 0 Å². The number of alkyl halides is 1. The van der Waals surface area contributed by atoms with Crippen molar-refractivity contribution in [3.8, 4) is 0 Å². The molecule has 3 nitrogen and oxygen atoms in total. The number of likely N-dealkylation sites (tertiary alicyclic amines) is 1. The summed E-state index contributed by atoms with van der Waals surface area (Å²) in [4.78, 5) is 14.8. The minimum Gasteiger partial charge on any atom is -0.393 e. The van der Waals surface area contributed by atoms with Crippen LogP contribution in [0.2, 0.25) is 5.02 Å². The van der Waals surface area contributed by atoms with Crippen LogP contribution in [-0.4, -0.2) is 34.6 Å². The van der Waals surface area contributed by atoms with E-state index in [0.717, 1.165) is 37.8 Å². The Labute approximate surface area is 147 Å². The second-order valence-electron chi connectivity index (χ2n) is 6.86. The molecule has 5 atom stereocenters. The second kappa shape index (κ2) is 7.00. The van der Waals surface area contributed by atoms with Crippen molar-refractivity contribution in [3.05, 3.63) is 34.9 Å². The average molecular weight is 356 g/mol. The lowest BCUT2D eigenvalue weighted by Crippen LogP contribution is -2.43. The van der Waals surface area contributed by atoms with E-state index in [9.17, 15) is 9.90 Å². The fourth-order valence-electron chi connectivity index (χ4n) is 3.91. The zero-order valence-corrected chi connectivity index (χ0v) is 14.8. The number of hydrogen-bond donors (Lipinski definition) is 1. The first-order valence-corrected chi connectivity index (χ1v) is 9.17. The Balaban J connectivity index is 1.70. The quantitative estimate of drug-likeness (QED) is 0.831. The summed E-state index contributed by atoms with van der Waals surface area (Å²) in [6, 6.07) is 7.72. The van der Waals surface area contributed by atoms with Crippen LogP contribution in [0.3, 0.4) is 0 Å². The van der Waals surface area contributed by atoms with Gasteiger partial charge in [-0.1, -0.05) is 36.7 Å². The van der Waals surface area contributed by atoms with E-state index in [0.29, 0.717) is 5.02 Å². The third kappa shape index (κ3) is 3.38. The van der Waals surface area contributed by atoms with E-state index in [1.54, 1.807) is 0 Å². The number of carbonyl (C=O) groups excluding carboxylic acids is 1. The highest BCUT2D eigenvalue weighted by atomic mass is 35.5. The minimum absolute atomic E-state index is 0.138. The number of carbonyl (C=O) groups is 1. The zero-order valence-electron chi connectivity index (χ0n) is 13.3. The van der Waals surface area contributed by atoms with Gasteiger partial charge in [0.1, 0.15) is 0 Å². The molecule has 0 spiro atoms. The van der Waals surface area contributed by atoms with Crippen molar-refractivity contribution in [1.29, 1.82) is 0 Å². The molecule has 1 amide bonds. The number of benzene rings is 1. The molecule has 5 unspecified atom stereocenters. The SMILES string of the molecule is CC1CC(N2CCC(C(Cl)c3ccccc3Cl)C2=O)CCC1O. The second-order valence-corrected chi connectivity index (χ2v) is 7.74. The maximum atomic E-state index is 12.9. The molecule has 1 aliphatic carbocycles. The van der Waals surface area contributed by atoms with Gasteiger partial charge in [-0.25, -0.2) is 0 Å². The van der Waals surface area contributed by atoms with Crippen molar-refractivity contribution in [2.45, 2.75) is 50.1 Å². The van der Waals surface area contributed by atoms with E-state index >= 15 is 0 Å². The first-order valence-electron chi connectivity index (χ1n) is 8.36. The molecule has 126 valence electrons. The van der Waals surface area contributed by atoms with E-state index in [2.05, 4.69) is 6.92 Å². The van der Waals surface area contributed by atoms with Crippen molar-refractivity contribution in [2.75, 3.05) is 6.54 Å². The monoisotopic (exact) mass is 355 g/mol.